The molecular formula is C11H16N2O3. The van der Waals surface area contributed by atoms with Crippen molar-refractivity contribution in [1.29, 1.82) is 0 Å². The van der Waals surface area contributed by atoms with Crippen molar-refractivity contribution >= 4 is 5.91 Å². The number of nitrogens with two attached hydrogens (primary N) is 1. The van der Waals surface area contributed by atoms with Crippen LogP contribution in [0.5, 0.6) is 11.5 Å². The smallest absolute Gasteiger partial charge is 0.255 e. The zero-order chi connectivity index (χ0) is 12.3. The van der Waals surface area contributed by atoms with E-state index in [1.807, 2.05) is 0 Å². The number of phenolic OH excluding ortho intramolecular Hbond substituents is 2. The van der Waals surface area contributed by atoms with E-state index in [4.69, 9.17) is 5.73 Å². The van der Waals surface area contributed by atoms with Crippen LogP contribution in [0.1, 0.15) is 24.2 Å². The Balaban J connectivity index is 2.77. The van der Waals surface area contributed by atoms with Gasteiger partial charge in [0, 0.05) is 12.1 Å². The lowest BCUT2D eigenvalue weighted by atomic mass is 10.1. The van der Waals surface area contributed by atoms with Gasteiger partial charge in [-0.15, -0.1) is 0 Å². The van der Waals surface area contributed by atoms with E-state index in [-0.39, 0.29) is 23.6 Å². The zero-order valence-corrected chi connectivity index (χ0v) is 9.32. The quantitative estimate of drug-likeness (QED) is 0.564. The summed E-state index contributed by atoms with van der Waals surface area (Å²) in [5.41, 5.74) is 5.21. The first kappa shape index (κ1) is 12.3. The summed E-state index contributed by atoms with van der Waals surface area (Å²) < 4.78 is 0. The highest BCUT2D eigenvalue weighted by Gasteiger charge is 2.16. The summed E-state index contributed by atoms with van der Waals surface area (Å²) in [4.78, 5) is 11.6. The van der Waals surface area contributed by atoms with Crippen LogP contribution in [0.3, 0.4) is 0 Å². The Hall–Kier alpha value is -1.75. The summed E-state index contributed by atoms with van der Waals surface area (Å²) in [7, 11) is 0. The molecule has 0 aliphatic rings. The summed E-state index contributed by atoms with van der Waals surface area (Å²) in [6.07, 6.45) is 0. The van der Waals surface area contributed by atoms with Gasteiger partial charge in [0.25, 0.3) is 5.91 Å². The molecule has 0 atom stereocenters. The van der Waals surface area contributed by atoms with Crippen molar-refractivity contribution in [2.24, 2.45) is 5.73 Å². The van der Waals surface area contributed by atoms with Crippen LogP contribution in [0.2, 0.25) is 0 Å². The van der Waals surface area contributed by atoms with Crippen LogP contribution in [0.4, 0.5) is 0 Å². The normalized spacial score (nSPS) is 11.2. The van der Waals surface area contributed by atoms with Crippen molar-refractivity contribution in [3.8, 4) is 11.5 Å². The first-order valence-electron chi connectivity index (χ1n) is 4.89. The molecule has 1 aromatic rings. The molecule has 0 fully saturated rings. The van der Waals surface area contributed by atoms with E-state index in [1.165, 1.54) is 18.2 Å². The number of carbonyl (C=O) groups is 1. The van der Waals surface area contributed by atoms with Crippen molar-refractivity contribution in [2.75, 3.05) is 6.54 Å². The van der Waals surface area contributed by atoms with E-state index in [2.05, 4.69) is 5.32 Å². The highest BCUT2D eigenvalue weighted by molar-refractivity contribution is 5.97. The average molecular weight is 224 g/mol. The number of hydrogen-bond acceptors (Lipinski definition) is 4. The Morgan fingerprint density at radius 2 is 2.06 bits per heavy atom. The lowest BCUT2D eigenvalue weighted by Gasteiger charge is -2.19. The van der Waals surface area contributed by atoms with Gasteiger partial charge in [-0.1, -0.05) is 0 Å². The first-order valence-corrected chi connectivity index (χ1v) is 4.89. The van der Waals surface area contributed by atoms with Crippen molar-refractivity contribution < 1.29 is 15.0 Å². The topological polar surface area (TPSA) is 95.6 Å². The number of amides is 1. The van der Waals surface area contributed by atoms with Gasteiger partial charge in [-0.25, -0.2) is 0 Å². The van der Waals surface area contributed by atoms with Gasteiger partial charge in [-0.05, 0) is 32.0 Å². The summed E-state index contributed by atoms with van der Waals surface area (Å²) in [6.45, 7) is 3.83. The lowest BCUT2D eigenvalue weighted by molar-refractivity contribution is 0.0943. The molecule has 5 nitrogen and oxygen atoms in total. The second-order valence-corrected chi connectivity index (χ2v) is 4.37. The fraction of sp³-hybridized carbons (Fsp3) is 0.364. The number of rotatable bonds is 3. The SMILES string of the molecule is CC(C)(N)CNC(=O)c1cc(O)ccc1O. The number of nitrogens with one attached hydrogen (secondary N) is 1. The van der Waals surface area contributed by atoms with Crippen LogP contribution >= 0.6 is 0 Å². The van der Waals surface area contributed by atoms with E-state index >= 15 is 0 Å². The fourth-order valence-electron chi connectivity index (χ4n) is 1.11. The number of hydrogen-bond donors (Lipinski definition) is 4. The molecule has 5 heteroatoms. The first-order chi connectivity index (χ1) is 7.29. The maximum atomic E-state index is 11.6. The highest BCUT2D eigenvalue weighted by Crippen LogP contribution is 2.21. The van der Waals surface area contributed by atoms with Gasteiger partial charge in [0.15, 0.2) is 0 Å². The Morgan fingerprint density at radius 3 is 2.62 bits per heavy atom. The molecule has 0 heterocycles. The van der Waals surface area contributed by atoms with Gasteiger partial charge in [-0.2, -0.15) is 0 Å². The molecule has 0 spiro atoms. The van der Waals surface area contributed by atoms with Gasteiger partial charge in [0.05, 0.1) is 5.56 Å². The molecule has 0 aliphatic carbocycles. The summed E-state index contributed by atoms with van der Waals surface area (Å²) in [5.74, 6) is -0.716. The molecule has 5 N–H and O–H groups in total. The van der Waals surface area contributed by atoms with Crippen molar-refractivity contribution in [3.05, 3.63) is 23.8 Å². The largest absolute Gasteiger partial charge is 0.508 e. The van der Waals surface area contributed by atoms with Crippen LogP contribution in [0.15, 0.2) is 18.2 Å². The van der Waals surface area contributed by atoms with Crippen LogP contribution in [0.25, 0.3) is 0 Å². The maximum Gasteiger partial charge on any atom is 0.255 e. The van der Waals surface area contributed by atoms with Crippen LogP contribution < -0.4 is 11.1 Å². The Bertz CT molecular complexity index is 397. The molecule has 0 bridgehead atoms. The Morgan fingerprint density at radius 1 is 1.44 bits per heavy atom. The molecule has 0 unspecified atom stereocenters. The molecule has 0 radical (unpaired) electrons. The standard InChI is InChI=1S/C11H16N2O3/c1-11(2,12)6-13-10(16)8-5-7(14)3-4-9(8)15/h3-5,14-15H,6,12H2,1-2H3,(H,13,16). The minimum atomic E-state index is -0.526. The molecule has 1 rings (SSSR count). The molecular weight excluding hydrogens is 208 g/mol. The summed E-state index contributed by atoms with van der Waals surface area (Å²) >= 11 is 0. The van der Waals surface area contributed by atoms with Crippen molar-refractivity contribution in [2.45, 2.75) is 19.4 Å². The Labute approximate surface area is 93.9 Å². The zero-order valence-electron chi connectivity index (χ0n) is 9.32. The second-order valence-electron chi connectivity index (χ2n) is 4.37. The van der Waals surface area contributed by atoms with Gasteiger partial charge in [0.1, 0.15) is 11.5 Å². The molecule has 16 heavy (non-hydrogen) atoms. The molecule has 0 saturated heterocycles. The third-order valence-electron chi connectivity index (χ3n) is 1.93. The third kappa shape index (κ3) is 3.43. The van der Waals surface area contributed by atoms with E-state index in [0.29, 0.717) is 0 Å². The van der Waals surface area contributed by atoms with Gasteiger partial charge in [0.2, 0.25) is 0 Å². The van der Waals surface area contributed by atoms with Crippen molar-refractivity contribution in [1.82, 2.24) is 5.32 Å². The Kier molecular flexibility index (Phi) is 3.39. The molecule has 0 aliphatic heterocycles. The minimum Gasteiger partial charge on any atom is -0.508 e. The lowest BCUT2D eigenvalue weighted by Crippen LogP contribution is -2.45. The molecule has 0 aromatic heterocycles. The van der Waals surface area contributed by atoms with E-state index in [9.17, 15) is 15.0 Å². The highest BCUT2D eigenvalue weighted by atomic mass is 16.3. The number of benzene rings is 1. The van der Waals surface area contributed by atoms with E-state index in [1.54, 1.807) is 13.8 Å². The molecule has 0 saturated carbocycles. The van der Waals surface area contributed by atoms with E-state index in [0.717, 1.165) is 0 Å². The molecule has 88 valence electrons. The van der Waals surface area contributed by atoms with Crippen LogP contribution in [0, 0.1) is 0 Å². The predicted octanol–water partition coefficient (Wildman–Crippen LogP) is 0.565. The number of aromatic hydroxyl groups is 2. The fourth-order valence-corrected chi connectivity index (χ4v) is 1.11. The predicted molar refractivity (Wildman–Crippen MR) is 60.4 cm³/mol. The van der Waals surface area contributed by atoms with Gasteiger partial charge in [-0.3, -0.25) is 4.79 Å². The monoisotopic (exact) mass is 224 g/mol. The van der Waals surface area contributed by atoms with Gasteiger partial charge < -0.3 is 21.3 Å². The molecule has 1 amide bonds. The number of carbonyl (C=O) groups excluding carboxylic acids is 1. The summed E-state index contributed by atoms with van der Waals surface area (Å²) in [6, 6.07) is 3.77. The van der Waals surface area contributed by atoms with Crippen LogP contribution in [-0.4, -0.2) is 28.2 Å². The van der Waals surface area contributed by atoms with Gasteiger partial charge >= 0.3 is 0 Å². The van der Waals surface area contributed by atoms with Crippen LogP contribution in [-0.2, 0) is 0 Å². The van der Waals surface area contributed by atoms with E-state index < -0.39 is 11.4 Å². The number of phenols is 2. The third-order valence-corrected chi connectivity index (χ3v) is 1.93. The van der Waals surface area contributed by atoms with Crippen molar-refractivity contribution in [3.63, 3.8) is 0 Å². The second kappa shape index (κ2) is 4.40. The minimum absolute atomic E-state index is 0.0317. The molecule has 1 aromatic carbocycles. The average Bonchev–Trinajstić information content (AvgIpc) is 2.17. The maximum absolute atomic E-state index is 11.6. The summed E-state index contributed by atoms with van der Waals surface area (Å²) in [5, 5.41) is 21.2.